The Labute approximate surface area is 107 Å². The van der Waals surface area contributed by atoms with Gasteiger partial charge in [-0.3, -0.25) is 0 Å². The maximum Gasteiger partial charge on any atom is 0.161 e. The van der Waals surface area contributed by atoms with Gasteiger partial charge in [-0.05, 0) is 36.6 Å². The molecular weight excluding hydrogens is 230 g/mol. The third-order valence-corrected chi connectivity index (χ3v) is 3.85. The van der Waals surface area contributed by atoms with E-state index in [0.717, 1.165) is 31.0 Å². The molecule has 2 aliphatic rings. The predicted octanol–water partition coefficient (Wildman–Crippen LogP) is 1.14. The van der Waals surface area contributed by atoms with Gasteiger partial charge in [-0.1, -0.05) is 6.07 Å². The van der Waals surface area contributed by atoms with Crippen molar-refractivity contribution in [1.29, 1.82) is 0 Å². The lowest BCUT2D eigenvalue weighted by Gasteiger charge is -2.32. The van der Waals surface area contributed by atoms with Crippen LogP contribution in [0.2, 0.25) is 0 Å². The summed E-state index contributed by atoms with van der Waals surface area (Å²) in [5.74, 6) is 2.36. The molecule has 98 valence electrons. The zero-order valence-electron chi connectivity index (χ0n) is 10.4. The van der Waals surface area contributed by atoms with E-state index in [-0.39, 0.29) is 6.61 Å². The van der Waals surface area contributed by atoms with Crippen LogP contribution in [0.3, 0.4) is 0 Å². The summed E-state index contributed by atoms with van der Waals surface area (Å²) in [6.45, 7) is 3.40. The molecule has 0 spiro atoms. The standard InChI is InChI=1S/C14H19NO3/c16-9-11-3-4-15-8-12(11)10-1-2-13-14(7-10)18-6-5-17-13/h1-2,7,11-12,15-16H,3-6,8-9H2. The fourth-order valence-electron chi connectivity index (χ4n) is 2.81. The summed E-state index contributed by atoms with van der Waals surface area (Å²) >= 11 is 0. The van der Waals surface area contributed by atoms with Crippen molar-refractivity contribution >= 4 is 0 Å². The Bertz CT molecular complexity index is 422. The minimum atomic E-state index is 0.251. The van der Waals surface area contributed by atoms with Crippen molar-refractivity contribution in [3.05, 3.63) is 23.8 Å². The molecule has 2 atom stereocenters. The molecular formula is C14H19NO3. The van der Waals surface area contributed by atoms with Crippen LogP contribution in [0, 0.1) is 5.92 Å². The molecule has 0 aliphatic carbocycles. The molecule has 2 aliphatic heterocycles. The number of nitrogens with one attached hydrogen (secondary N) is 1. The average molecular weight is 249 g/mol. The summed E-state index contributed by atoms with van der Waals surface area (Å²) in [5, 5.41) is 12.9. The van der Waals surface area contributed by atoms with Gasteiger partial charge in [0.1, 0.15) is 13.2 Å². The Morgan fingerprint density at radius 3 is 2.89 bits per heavy atom. The highest BCUT2D eigenvalue weighted by Gasteiger charge is 2.26. The van der Waals surface area contributed by atoms with Crippen molar-refractivity contribution in [2.24, 2.45) is 5.92 Å². The zero-order chi connectivity index (χ0) is 12.4. The fourth-order valence-corrected chi connectivity index (χ4v) is 2.81. The molecule has 2 N–H and O–H groups in total. The number of ether oxygens (including phenoxy) is 2. The van der Waals surface area contributed by atoms with E-state index >= 15 is 0 Å². The maximum atomic E-state index is 9.48. The first kappa shape index (κ1) is 11.8. The lowest BCUT2D eigenvalue weighted by molar-refractivity contribution is 0.167. The largest absolute Gasteiger partial charge is 0.486 e. The van der Waals surface area contributed by atoms with Crippen molar-refractivity contribution in [2.75, 3.05) is 32.9 Å². The van der Waals surface area contributed by atoms with Crippen LogP contribution in [-0.2, 0) is 0 Å². The molecule has 2 unspecified atom stereocenters. The van der Waals surface area contributed by atoms with Crippen LogP contribution in [0.5, 0.6) is 11.5 Å². The SMILES string of the molecule is OCC1CCNCC1c1ccc2c(c1)OCCO2. The minimum Gasteiger partial charge on any atom is -0.486 e. The predicted molar refractivity (Wildman–Crippen MR) is 68.2 cm³/mol. The van der Waals surface area contributed by atoms with Gasteiger partial charge in [0.05, 0.1) is 0 Å². The van der Waals surface area contributed by atoms with Crippen LogP contribution in [0.4, 0.5) is 0 Å². The number of benzene rings is 1. The number of hydrogen-bond acceptors (Lipinski definition) is 4. The second-order valence-electron chi connectivity index (χ2n) is 4.95. The van der Waals surface area contributed by atoms with Crippen LogP contribution in [0.1, 0.15) is 17.9 Å². The third kappa shape index (κ3) is 2.18. The lowest BCUT2D eigenvalue weighted by atomic mass is 9.82. The summed E-state index contributed by atoms with van der Waals surface area (Å²) in [4.78, 5) is 0. The monoisotopic (exact) mass is 249 g/mol. The first-order valence-corrected chi connectivity index (χ1v) is 6.59. The maximum absolute atomic E-state index is 9.48. The second kappa shape index (κ2) is 5.16. The van der Waals surface area contributed by atoms with Gasteiger partial charge in [0.2, 0.25) is 0 Å². The molecule has 0 radical (unpaired) electrons. The zero-order valence-corrected chi connectivity index (χ0v) is 10.4. The summed E-state index contributed by atoms with van der Waals surface area (Å²) in [5.41, 5.74) is 1.23. The summed E-state index contributed by atoms with van der Waals surface area (Å²) in [7, 11) is 0. The van der Waals surface area contributed by atoms with E-state index in [9.17, 15) is 5.11 Å². The Morgan fingerprint density at radius 2 is 2.06 bits per heavy atom. The van der Waals surface area contributed by atoms with Gasteiger partial charge in [0.25, 0.3) is 0 Å². The van der Waals surface area contributed by atoms with Crippen molar-refractivity contribution < 1.29 is 14.6 Å². The quantitative estimate of drug-likeness (QED) is 0.825. The topological polar surface area (TPSA) is 50.7 Å². The smallest absolute Gasteiger partial charge is 0.161 e. The van der Waals surface area contributed by atoms with Crippen molar-refractivity contribution in [3.8, 4) is 11.5 Å². The summed E-state index contributed by atoms with van der Waals surface area (Å²) in [6, 6.07) is 6.13. The average Bonchev–Trinajstić information content (AvgIpc) is 2.46. The number of hydrogen-bond donors (Lipinski definition) is 2. The van der Waals surface area contributed by atoms with Gasteiger partial charge in [-0.15, -0.1) is 0 Å². The highest BCUT2D eigenvalue weighted by molar-refractivity contribution is 5.45. The molecule has 4 nitrogen and oxygen atoms in total. The Kier molecular flexibility index (Phi) is 3.39. The fraction of sp³-hybridized carbons (Fsp3) is 0.571. The molecule has 0 aromatic heterocycles. The van der Waals surface area contributed by atoms with Gasteiger partial charge >= 0.3 is 0 Å². The van der Waals surface area contributed by atoms with E-state index in [1.807, 2.05) is 6.07 Å². The molecule has 1 aromatic carbocycles. The minimum absolute atomic E-state index is 0.251. The number of aliphatic hydroxyl groups excluding tert-OH is 1. The summed E-state index contributed by atoms with van der Waals surface area (Å²) in [6.07, 6.45) is 1.02. The number of piperidine rings is 1. The van der Waals surface area contributed by atoms with E-state index in [0.29, 0.717) is 25.0 Å². The van der Waals surface area contributed by atoms with Crippen molar-refractivity contribution in [2.45, 2.75) is 12.3 Å². The normalized spacial score (nSPS) is 26.9. The number of aliphatic hydroxyl groups is 1. The van der Waals surface area contributed by atoms with Crippen LogP contribution >= 0.6 is 0 Å². The molecule has 0 amide bonds. The first-order valence-electron chi connectivity index (χ1n) is 6.59. The number of rotatable bonds is 2. The Hall–Kier alpha value is -1.26. The molecule has 1 fully saturated rings. The van der Waals surface area contributed by atoms with Crippen molar-refractivity contribution in [3.63, 3.8) is 0 Å². The highest BCUT2D eigenvalue weighted by Crippen LogP contribution is 2.36. The van der Waals surface area contributed by atoms with E-state index in [4.69, 9.17) is 9.47 Å². The van der Waals surface area contributed by atoms with E-state index < -0.39 is 0 Å². The molecule has 0 saturated carbocycles. The van der Waals surface area contributed by atoms with Gasteiger partial charge in [0.15, 0.2) is 11.5 Å². The third-order valence-electron chi connectivity index (χ3n) is 3.85. The molecule has 1 aromatic rings. The van der Waals surface area contributed by atoms with E-state index in [1.165, 1.54) is 5.56 Å². The Balaban J connectivity index is 1.86. The number of fused-ring (bicyclic) bond motifs is 1. The van der Waals surface area contributed by atoms with Crippen molar-refractivity contribution in [1.82, 2.24) is 5.32 Å². The van der Waals surface area contributed by atoms with Gasteiger partial charge in [-0.2, -0.15) is 0 Å². The van der Waals surface area contributed by atoms with E-state index in [2.05, 4.69) is 17.4 Å². The van der Waals surface area contributed by atoms with Crippen LogP contribution in [0.15, 0.2) is 18.2 Å². The Morgan fingerprint density at radius 1 is 1.22 bits per heavy atom. The van der Waals surface area contributed by atoms with Gasteiger partial charge < -0.3 is 19.9 Å². The molecule has 18 heavy (non-hydrogen) atoms. The van der Waals surface area contributed by atoms with Gasteiger partial charge in [0, 0.05) is 19.1 Å². The molecule has 1 saturated heterocycles. The van der Waals surface area contributed by atoms with Crippen LogP contribution in [0.25, 0.3) is 0 Å². The van der Waals surface area contributed by atoms with Crippen LogP contribution < -0.4 is 14.8 Å². The van der Waals surface area contributed by atoms with E-state index in [1.54, 1.807) is 0 Å². The molecule has 4 heteroatoms. The molecule has 3 rings (SSSR count). The molecule has 0 bridgehead atoms. The molecule has 2 heterocycles. The van der Waals surface area contributed by atoms with Crippen LogP contribution in [-0.4, -0.2) is 38.0 Å². The first-order chi connectivity index (χ1) is 8.88. The lowest BCUT2D eigenvalue weighted by Crippen LogP contribution is -2.36. The second-order valence-corrected chi connectivity index (χ2v) is 4.95. The van der Waals surface area contributed by atoms with Gasteiger partial charge in [-0.25, -0.2) is 0 Å². The summed E-state index contributed by atoms with van der Waals surface area (Å²) < 4.78 is 11.1. The highest BCUT2D eigenvalue weighted by atomic mass is 16.6.